The molecule has 0 aliphatic carbocycles. The number of benzene rings is 1. The SMILES string of the molecule is CCCCCCCCCCCCCCCCOC[C@@H](COP(=O)([O-])OCC[N+](C)(C)C)OCc1ccccc1. The maximum atomic E-state index is 12.2. The molecule has 0 saturated carbocycles. The van der Waals surface area contributed by atoms with Crippen molar-refractivity contribution in [3.05, 3.63) is 35.9 Å². The van der Waals surface area contributed by atoms with E-state index in [-0.39, 0.29) is 19.8 Å². The molecule has 1 aromatic carbocycles. The highest BCUT2D eigenvalue weighted by Crippen LogP contribution is 2.38. The molecule has 0 saturated heterocycles. The van der Waals surface area contributed by atoms with Gasteiger partial charge < -0.3 is 27.9 Å². The molecule has 0 aliphatic heterocycles. The number of phosphoric ester groups is 1. The molecule has 228 valence electrons. The summed E-state index contributed by atoms with van der Waals surface area (Å²) in [4.78, 5) is 12.2. The van der Waals surface area contributed by atoms with Crippen LogP contribution in [0.4, 0.5) is 0 Å². The Morgan fingerprint density at radius 3 is 1.82 bits per heavy atom. The second kappa shape index (κ2) is 22.8. The highest BCUT2D eigenvalue weighted by Gasteiger charge is 2.18. The average molecular weight is 572 g/mol. The van der Waals surface area contributed by atoms with Gasteiger partial charge in [-0.25, -0.2) is 0 Å². The molecule has 0 N–H and O–H groups in total. The van der Waals surface area contributed by atoms with E-state index in [1.54, 1.807) is 0 Å². The van der Waals surface area contributed by atoms with Crippen molar-refractivity contribution in [1.82, 2.24) is 0 Å². The van der Waals surface area contributed by atoms with Crippen LogP contribution in [0.1, 0.15) is 102 Å². The van der Waals surface area contributed by atoms with Gasteiger partial charge in [-0.1, -0.05) is 121 Å². The lowest BCUT2D eigenvalue weighted by Gasteiger charge is -2.28. The number of ether oxygens (including phenoxy) is 2. The Hall–Kier alpha value is -0.790. The molecular weight excluding hydrogens is 513 g/mol. The number of unbranched alkanes of at least 4 members (excludes halogenated alkanes) is 13. The lowest BCUT2D eigenvalue weighted by molar-refractivity contribution is -0.870. The Morgan fingerprint density at radius 1 is 0.744 bits per heavy atom. The molecule has 0 aliphatic rings. The second-order valence-corrected chi connectivity index (χ2v) is 13.1. The third-order valence-corrected chi connectivity index (χ3v) is 7.67. The van der Waals surface area contributed by atoms with Crippen LogP contribution in [0.15, 0.2) is 30.3 Å². The van der Waals surface area contributed by atoms with Gasteiger partial charge in [-0.2, -0.15) is 0 Å². The van der Waals surface area contributed by atoms with E-state index >= 15 is 0 Å². The summed E-state index contributed by atoms with van der Waals surface area (Å²) < 4.78 is 34.7. The zero-order valence-corrected chi connectivity index (χ0v) is 26.3. The van der Waals surface area contributed by atoms with Crippen molar-refractivity contribution in [3.63, 3.8) is 0 Å². The molecule has 0 spiro atoms. The predicted octanol–water partition coefficient (Wildman–Crippen LogP) is 7.28. The lowest BCUT2D eigenvalue weighted by atomic mass is 10.0. The Labute approximate surface area is 239 Å². The summed E-state index contributed by atoms with van der Waals surface area (Å²) in [5, 5.41) is 0. The summed E-state index contributed by atoms with van der Waals surface area (Å²) in [6, 6.07) is 9.79. The summed E-state index contributed by atoms with van der Waals surface area (Å²) in [6.45, 7) is 4.06. The number of hydrogen-bond acceptors (Lipinski definition) is 6. The first-order chi connectivity index (χ1) is 18.7. The molecule has 1 rings (SSSR count). The molecule has 0 bridgehead atoms. The van der Waals surface area contributed by atoms with Gasteiger partial charge in [0.1, 0.15) is 19.3 Å². The smallest absolute Gasteiger partial charge is 0.268 e. The summed E-state index contributed by atoms with van der Waals surface area (Å²) in [5.41, 5.74) is 1.01. The summed E-state index contributed by atoms with van der Waals surface area (Å²) >= 11 is 0. The molecule has 0 amide bonds. The van der Waals surface area contributed by atoms with Crippen LogP contribution in [0.2, 0.25) is 0 Å². The highest BCUT2D eigenvalue weighted by atomic mass is 31.2. The van der Waals surface area contributed by atoms with Crippen LogP contribution in [-0.4, -0.2) is 64.7 Å². The minimum Gasteiger partial charge on any atom is -0.756 e. The number of phosphoric acid groups is 1. The number of hydrogen-bond donors (Lipinski definition) is 0. The molecule has 1 unspecified atom stereocenters. The summed E-state index contributed by atoms with van der Waals surface area (Å²) in [7, 11) is 1.53. The van der Waals surface area contributed by atoms with Gasteiger partial charge in [0.2, 0.25) is 0 Å². The van der Waals surface area contributed by atoms with Crippen LogP contribution in [0.3, 0.4) is 0 Å². The Kier molecular flexibility index (Phi) is 21.2. The lowest BCUT2D eigenvalue weighted by Crippen LogP contribution is -2.37. The quantitative estimate of drug-likeness (QED) is 0.0628. The topological polar surface area (TPSA) is 77.1 Å². The van der Waals surface area contributed by atoms with E-state index in [1.807, 2.05) is 51.5 Å². The third-order valence-electron chi connectivity index (χ3n) is 6.70. The normalized spacial score (nSPS) is 14.4. The van der Waals surface area contributed by atoms with Crippen molar-refractivity contribution in [2.45, 2.75) is 110 Å². The van der Waals surface area contributed by atoms with E-state index in [4.69, 9.17) is 18.5 Å². The van der Waals surface area contributed by atoms with Crippen molar-refractivity contribution in [2.24, 2.45) is 0 Å². The fourth-order valence-corrected chi connectivity index (χ4v) is 4.91. The number of nitrogens with zero attached hydrogens (tertiary/aromatic N) is 1. The Morgan fingerprint density at radius 2 is 1.28 bits per heavy atom. The molecular formula is C31H58NO6P. The van der Waals surface area contributed by atoms with Crippen molar-refractivity contribution < 1.29 is 32.5 Å². The van der Waals surface area contributed by atoms with Gasteiger partial charge in [0.05, 0.1) is 41.0 Å². The monoisotopic (exact) mass is 571 g/mol. The van der Waals surface area contributed by atoms with Crippen molar-refractivity contribution in [1.29, 1.82) is 0 Å². The summed E-state index contributed by atoms with van der Waals surface area (Å²) in [6.07, 6.45) is 18.0. The van der Waals surface area contributed by atoms with Gasteiger partial charge in [0.15, 0.2) is 0 Å². The van der Waals surface area contributed by atoms with E-state index in [1.165, 1.54) is 77.0 Å². The largest absolute Gasteiger partial charge is 0.756 e. The van der Waals surface area contributed by atoms with E-state index in [0.29, 0.717) is 24.2 Å². The molecule has 0 heterocycles. The van der Waals surface area contributed by atoms with E-state index in [2.05, 4.69) is 6.92 Å². The maximum Gasteiger partial charge on any atom is 0.268 e. The Bertz CT molecular complexity index is 728. The fraction of sp³-hybridized carbons (Fsp3) is 0.806. The first kappa shape index (κ1) is 36.2. The van der Waals surface area contributed by atoms with Crippen LogP contribution in [0, 0.1) is 0 Å². The predicted molar refractivity (Wildman–Crippen MR) is 159 cm³/mol. The van der Waals surface area contributed by atoms with Crippen LogP contribution in [-0.2, 0) is 29.7 Å². The molecule has 8 heteroatoms. The molecule has 39 heavy (non-hydrogen) atoms. The van der Waals surface area contributed by atoms with Gasteiger partial charge >= 0.3 is 0 Å². The second-order valence-electron chi connectivity index (χ2n) is 11.7. The highest BCUT2D eigenvalue weighted by molar-refractivity contribution is 7.45. The van der Waals surface area contributed by atoms with E-state index < -0.39 is 13.9 Å². The van der Waals surface area contributed by atoms with Crippen molar-refractivity contribution in [3.8, 4) is 0 Å². The zero-order valence-electron chi connectivity index (χ0n) is 25.5. The van der Waals surface area contributed by atoms with Crippen molar-refractivity contribution in [2.75, 3.05) is 54.1 Å². The molecule has 1 aromatic rings. The molecule has 0 radical (unpaired) electrons. The molecule has 0 fully saturated rings. The number of quaternary nitrogens is 1. The van der Waals surface area contributed by atoms with Gasteiger partial charge in [0, 0.05) is 6.61 Å². The maximum absolute atomic E-state index is 12.2. The average Bonchev–Trinajstić information content (AvgIpc) is 2.89. The van der Waals surface area contributed by atoms with Crippen LogP contribution in [0.25, 0.3) is 0 Å². The molecule has 7 nitrogen and oxygen atoms in total. The first-order valence-corrected chi connectivity index (χ1v) is 16.8. The van der Waals surface area contributed by atoms with E-state index in [9.17, 15) is 9.46 Å². The van der Waals surface area contributed by atoms with Gasteiger partial charge in [-0.3, -0.25) is 4.57 Å². The number of rotatable bonds is 27. The van der Waals surface area contributed by atoms with Gasteiger partial charge in [0.25, 0.3) is 7.82 Å². The van der Waals surface area contributed by atoms with Gasteiger partial charge in [-0.05, 0) is 12.0 Å². The van der Waals surface area contributed by atoms with Gasteiger partial charge in [-0.15, -0.1) is 0 Å². The Balaban J connectivity index is 2.18. The third kappa shape index (κ3) is 23.6. The standard InChI is InChI=1S/C31H58NO6P/c1-5-6-7-8-9-10-11-12-13-14-15-16-17-21-25-35-28-31(36-27-30-22-19-18-20-23-30)29-38-39(33,34)37-26-24-32(2,3)4/h18-20,22-23,31H,5-17,21,24-29H2,1-4H3/t31-/m0/s1. The van der Waals surface area contributed by atoms with Crippen molar-refractivity contribution >= 4 is 7.82 Å². The summed E-state index contributed by atoms with van der Waals surface area (Å²) in [5.74, 6) is 0. The zero-order chi connectivity index (χ0) is 28.7. The van der Waals surface area contributed by atoms with E-state index in [0.717, 1.165) is 18.4 Å². The fourth-order valence-electron chi connectivity index (χ4n) is 4.18. The van der Waals surface area contributed by atoms with Crippen LogP contribution < -0.4 is 4.89 Å². The first-order valence-electron chi connectivity index (χ1n) is 15.4. The van der Waals surface area contributed by atoms with Crippen LogP contribution in [0.5, 0.6) is 0 Å². The van der Waals surface area contributed by atoms with Crippen LogP contribution >= 0.6 is 7.82 Å². The minimum atomic E-state index is -4.40. The molecule has 2 atom stereocenters. The minimum absolute atomic E-state index is 0.0788. The molecule has 0 aromatic heterocycles. The number of likely N-dealkylation sites (N-methyl/N-ethyl adjacent to an activating group) is 1.